The molecule has 0 bridgehead atoms. The van der Waals surface area contributed by atoms with E-state index in [1.165, 1.54) is 18.4 Å². The van der Waals surface area contributed by atoms with Crippen molar-refractivity contribution in [1.29, 1.82) is 0 Å². The number of nitrogens with zero attached hydrogens (tertiary/aromatic N) is 1. The minimum absolute atomic E-state index is 0.105. The fraction of sp³-hybridized carbons (Fsp3) is 0.320. The summed E-state index contributed by atoms with van der Waals surface area (Å²) in [5.74, 6) is 4.68. The van der Waals surface area contributed by atoms with Gasteiger partial charge >= 0.3 is 0 Å². The van der Waals surface area contributed by atoms with E-state index in [0.717, 1.165) is 32.6 Å². The largest absolute Gasteiger partial charge is 0.496 e. The zero-order valence-electron chi connectivity index (χ0n) is 17.4. The number of hydrogen-bond donors (Lipinski definition) is 1. The maximum atomic E-state index is 6.54. The maximum absolute atomic E-state index is 6.54. The molecular formula is C25H25ClN2OS. The van der Waals surface area contributed by atoms with Crippen molar-refractivity contribution >= 4 is 28.1 Å². The van der Waals surface area contributed by atoms with E-state index in [-0.39, 0.29) is 12.0 Å². The van der Waals surface area contributed by atoms with Crippen molar-refractivity contribution < 1.29 is 4.74 Å². The Kier molecular flexibility index (Phi) is 6.04. The standard InChI is InChI=1S/C25H25ClN2OS/c1-5-21(23(18-11-12-18)17-9-7-6-8-10-17)27-25-28-24(16(3)30-25)19-13-15(2)22(29-4)14-20(19)26/h1,6-10,13-14,18,21,23H,11-12H2,2-4H3,(H,27,28)/t21?,23-/m1/s1. The highest BCUT2D eigenvalue weighted by molar-refractivity contribution is 7.16. The first-order chi connectivity index (χ1) is 14.5. The molecule has 1 aliphatic rings. The molecule has 2 atom stereocenters. The van der Waals surface area contributed by atoms with E-state index in [1.54, 1.807) is 18.4 Å². The topological polar surface area (TPSA) is 34.2 Å². The number of methoxy groups -OCH3 is 1. The lowest BCUT2D eigenvalue weighted by atomic mass is 9.87. The third-order valence-electron chi connectivity index (χ3n) is 5.67. The number of hydrogen-bond acceptors (Lipinski definition) is 4. The van der Waals surface area contributed by atoms with Gasteiger partial charge in [-0.05, 0) is 55.9 Å². The lowest BCUT2D eigenvalue weighted by molar-refractivity contribution is 0.412. The van der Waals surface area contributed by atoms with Crippen molar-refractivity contribution in [3.63, 3.8) is 0 Å². The number of terminal acetylenes is 1. The van der Waals surface area contributed by atoms with E-state index >= 15 is 0 Å². The monoisotopic (exact) mass is 436 g/mol. The van der Waals surface area contributed by atoms with Crippen LogP contribution in [0.25, 0.3) is 11.3 Å². The number of benzene rings is 2. The summed E-state index contributed by atoms with van der Waals surface area (Å²) in [6.45, 7) is 4.07. The van der Waals surface area contributed by atoms with Gasteiger partial charge in [0.25, 0.3) is 0 Å². The average Bonchev–Trinajstić information content (AvgIpc) is 3.51. The molecule has 0 saturated heterocycles. The molecule has 1 N–H and O–H groups in total. The van der Waals surface area contributed by atoms with Crippen LogP contribution in [-0.2, 0) is 0 Å². The highest BCUT2D eigenvalue weighted by Gasteiger charge is 2.37. The number of anilines is 1. The van der Waals surface area contributed by atoms with Gasteiger partial charge in [0.2, 0.25) is 0 Å². The Bertz CT molecular complexity index is 1080. The summed E-state index contributed by atoms with van der Waals surface area (Å²) >= 11 is 8.16. The third-order valence-corrected chi connectivity index (χ3v) is 6.88. The van der Waals surface area contributed by atoms with E-state index in [1.807, 2.05) is 25.1 Å². The number of aromatic nitrogens is 1. The van der Waals surface area contributed by atoms with E-state index in [4.69, 9.17) is 27.7 Å². The van der Waals surface area contributed by atoms with E-state index in [0.29, 0.717) is 10.9 Å². The number of thiazole rings is 1. The first-order valence-electron chi connectivity index (χ1n) is 10.1. The van der Waals surface area contributed by atoms with Gasteiger partial charge in [0.05, 0.1) is 23.9 Å². The van der Waals surface area contributed by atoms with Gasteiger partial charge in [0.1, 0.15) is 5.75 Å². The van der Waals surface area contributed by atoms with Crippen molar-refractivity contribution in [2.45, 2.75) is 38.6 Å². The molecule has 1 heterocycles. The van der Waals surface area contributed by atoms with Gasteiger partial charge in [0.15, 0.2) is 5.13 Å². The van der Waals surface area contributed by atoms with E-state index < -0.39 is 0 Å². The summed E-state index contributed by atoms with van der Waals surface area (Å²) in [4.78, 5) is 5.97. The quantitative estimate of drug-likeness (QED) is 0.418. The molecule has 3 nitrogen and oxygen atoms in total. The Hall–Kier alpha value is -2.48. The molecule has 1 unspecified atom stereocenters. The van der Waals surface area contributed by atoms with Crippen molar-refractivity contribution in [3.8, 4) is 29.4 Å². The minimum Gasteiger partial charge on any atom is -0.496 e. The molecule has 1 aliphatic carbocycles. The molecule has 1 fully saturated rings. The second-order valence-electron chi connectivity index (χ2n) is 7.79. The Labute approximate surface area is 187 Å². The molecule has 30 heavy (non-hydrogen) atoms. The summed E-state index contributed by atoms with van der Waals surface area (Å²) in [5, 5.41) is 5.00. The summed E-state index contributed by atoms with van der Waals surface area (Å²) in [5.41, 5.74) is 4.11. The molecule has 2 aromatic carbocycles. The molecule has 154 valence electrons. The van der Waals surface area contributed by atoms with Crippen LogP contribution in [0.4, 0.5) is 5.13 Å². The van der Waals surface area contributed by atoms with Gasteiger partial charge in [-0.1, -0.05) is 47.9 Å². The smallest absolute Gasteiger partial charge is 0.184 e. The van der Waals surface area contributed by atoms with Gasteiger partial charge < -0.3 is 10.1 Å². The number of aryl methyl sites for hydroxylation is 2. The fourth-order valence-electron chi connectivity index (χ4n) is 4.01. The van der Waals surface area contributed by atoms with Crippen molar-refractivity contribution in [2.75, 3.05) is 12.4 Å². The van der Waals surface area contributed by atoms with E-state index in [9.17, 15) is 0 Å². The highest BCUT2D eigenvalue weighted by atomic mass is 35.5. The molecule has 4 rings (SSSR count). The average molecular weight is 437 g/mol. The molecule has 1 aromatic heterocycles. The highest BCUT2D eigenvalue weighted by Crippen LogP contribution is 2.45. The SMILES string of the molecule is C#CC(Nc1nc(-c2cc(C)c(OC)cc2Cl)c(C)s1)[C@H](c1ccccc1)C1CC1. The fourth-order valence-corrected chi connectivity index (χ4v) is 5.12. The van der Waals surface area contributed by atoms with Crippen LogP contribution in [0.1, 0.15) is 34.8 Å². The Balaban J connectivity index is 1.63. The zero-order valence-corrected chi connectivity index (χ0v) is 19.0. The van der Waals surface area contributed by atoms with Crippen LogP contribution in [0.2, 0.25) is 5.02 Å². The van der Waals surface area contributed by atoms with Crippen LogP contribution in [0.15, 0.2) is 42.5 Å². The number of halogens is 1. The van der Waals surface area contributed by atoms with Gasteiger partial charge in [-0.25, -0.2) is 4.98 Å². The molecule has 0 aliphatic heterocycles. The summed E-state index contributed by atoms with van der Waals surface area (Å²) in [6.07, 6.45) is 8.43. The first-order valence-corrected chi connectivity index (χ1v) is 11.3. The maximum Gasteiger partial charge on any atom is 0.184 e. The molecule has 1 saturated carbocycles. The van der Waals surface area contributed by atoms with Crippen LogP contribution < -0.4 is 10.1 Å². The number of ether oxygens (including phenoxy) is 1. The van der Waals surface area contributed by atoms with Gasteiger partial charge in [-0.15, -0.1) is 17.8 Å². The molecule has 0 amide bonds. The second kappa shape index (κ2) is 8.71. The van der Waals surface area contributed by atoms with Crippen molar-refractivity contribution in [3.05, 3.63) is 63.5 Å². The predicted molar refractivity (Wildman–Crippen MR) is 127 cm³/mol. The lowest BCUT2D eigenvalue weighted by Crippen LogP contribution is -2.27. The van der Waals surface area contributed by atoms with Gasteiger partial charge in [0, 0.05) is 16.4 Å². The molecule has 5 heteroatoms. The molecule has 0 radical (unpaired) electrons. The Morgan fingerprint density at radius 2 is 1.97 bits per heavy atom. The van der Waals surface area contributed by atoms with Gasteiger partial charge in [-0.2, -0.15) is 0 Å². The third kappa shape index (κ3) is 4.19. The van der Waals surface area contributed by atoms with Crippen LogP contribution >= 0.6 is 22.9 Å². The van der Waals surface area contributed by atoms with E-state index in [2.05, 4.69) is 42.4 Å². The number of rotatable bonds is 7. The van der Waals surface area contributed by atoms with Crippen LogP contribution in [0.5, 0.6) is 5.75 Å². The molecule has 3 aromatic rings. The van der Waals surface area contributed by atoms with Crippen LogP contribution in [-0.4, -0.2) is 18.1 Å². The zero-order chi connectivity index (χ0) is 21.3. The van der Waals surface area contributed by atoms with Crippen LogP contribution in [0, 0.1) is 32.1 Å². The summed E-state index contributed by atoms with van der Waals surface area (Å²) in [7, 11) is 1.65. The second-order valence-corrected chi connectivity index (χ2v) is 9.40. The first kappa shape index (κ1) is 20.8. The lowest BCUT2D eigenvalue weighted by Gasteiger charge is -2.24. The van der Waals surface area contributed by atoms with Gasteiger partial charge in [-0.3, -0.25) is 0 Å². The Morgan fingerprint density at radius 1 is 1.23 bits per heavy atom. The van der Waals surface area contributed by atoms with Crippen molar-refractivity contribution in [1.82, 2.24) is 4.98 Å². The van der Waals surface area contributed by atoms with Crippen LogP contribution in [0.3, 0.4) is 0 Å². The van der Waals surface area contributed by atoms with Crippen molar-refractivity contribution in [2.24, 2.45) is 5.92 Å². The number of nitrogens with one attached hydrogen (secondary N) is 1. The summed E-state index contributed by atoms with van der Waals surface area (Å²) in [6, 6.07) is 14.3. The normalized spacial score (nSPS) is 15.3. The Morgan fingerprint density at radius 3 is 2.60 bits per heavy atom. The predicted octanol–water partition coefficient (Wildman–Crippen LogP) is 6.70. The molecular weight excluding hydrogens is 412 g/mol. The summed E-state index contributed by atoms with van der Waals surface area (Å²) < 4.78 is 5.38. The minimum atomic E-state index is -0.105. The molecule has 0 spiro atoms.